The van der Waals surface area contributed by atoms with E-state index in [4.69, 9.17) is 4.74 Å². The highest BCUT2D eigenvalue weighted by Gasteiger charge is 2.32. The zero-order valence-electron chi connectivity index (χ0n) is 21.6. The molecule has 2 aromatic heterocycles. The van der Waals surface area contributed by atoms with Crippen LogP contribution in [0.4, 0.5) is 24.5 Å². The van der Waals surface area contributed by atoms with Crippen molar-refractivity contribution in [1.29, 1.82) is 0 Å². The molecule has 0 saturated carbocycles. The molecule has 200 valence electrons. The third kappa shape index (κ3) is 6.42. The highest BCUT2D eigenvalue weighted by Crippen LogP contribution is 2.33. The second-order valence-electron chi connectivity index (χ2n) is 9.69. The average molecular weight is 518 g/mol. The van der Waals surface area contributed by atoms with Crippen LogP contribution in [-0.2, 0) is 17.5 Å². The van der Waals surface area contributed by atoms with Gasteiger partial charge in [0.05, 0.1) is 36.2 Å². The topological polar surface area (TPSA) is 62.6 Å². The van der Waals surface area contributed by atoms with Crippen molar-refractivity contribution in [3.8, 4) is 0 Å². The minimum atomic E-state index is -4.43. The van der Waals surface area contributed by atoms with Crippen molar-refractivity contribution in [2.24, 2.45) is 0 Å². The van der Waals surface area contributed by atoms with E-state index < -0.39 is 11.7 Å². The van der Waals surface area contributed by atoms with Gasteiger partial charge in [-0.25, -0.2) is 4.98 Å². The highest BCUT2D eigenvalue weighted by atomic mass is 19.4. The number of hydrogen-bond donors (Lipinski definition) is 1. The van der Waals surface area contributed by atoms with Crippen LogP contribution in [0.5, 0.6) is 0 Å². The number of aromatic nitrogens is 2. The third-order valence-electron chi connectivity index (χ3n) is 6.72. The zero-order valence-corrected chi connectivity index (χ0v) is 21.6. The Morgan fingerprint density at radius 2 is 1.92 bits per heavy atom. The summed E-state index contributed by atoms with van der Waals surface area (Å²) in [5.74, 6) is 0. The third-order valence-corrected chi connectivity index (χ3v) is 6.72. The van der Waals surface area contributed by atoms with Crippen molar-refractivity contribution in [2.45, 2.75) is 32.5 Å². The number of nitrogens with one attached hydrogen (secondary N) is 1. The van der Waals surface area contributed by atoms with Crippen LogP contribution in [0, 0.1) is 6.92 Å². The molecule has 3 aromatic rings. The molecule has 3 heterocycles. The number of pyridine rings is 2. The van der Waals surface area contributed by atoms with Gasteiger partial charge in [0.25, 0.3) is 0 Å². The number of halogens is 3. The van der Waals surface area contributed by atoms with Gasteiger partial charge < -0.3 is 24.4 Å². The van der Waals surface area contributed by atoms with Crippen LogP contribution in [0.1, 0.15) is 29.5 Å². The molecular weight excluding hydrogens is 483 g/mol. The summed E-state index contributed by atoms with van der Waals surface area (Å²) in [6.07, 6.45) is 0.824. The zero-order chi connectivity index (χ0) is 26.6. The van der Waals surface area contributed by atoms with Crippen molar-refractivity contribution in [3.63, 3.8) is 0 Å². The Morgan fingerprint density at radius 1 is 1.16 bits per heavy atom. The second-order valence-corrected chi connectivity index (χ2v) is 9.69. The average Bonchev–Trinajstić information content (AvgIpc) is 2.86. The predicted octanol–water partition coefficient (Wildman–Crippen LogP) is 4.36. The van der Waals surface area contributed by atoms with Gasteiger partial charge >= 0.3 is 6.18 Å². The standard InChI is InChI=1S/C27H34F3N5O2/c1-19-20(7-6-8-22(19)27(28,29)30)17-35-18-23(31-9-4-5-10-33(2)3)26(36)25-24(35)15-21(16-32-25)34-11-13-37-14-12-34/h6-8,15-16,18,31H,4-5,9-14,17H2,1-3H3. The van der Waals surface area contributed by atoms with E-state index in [0.717, 1.165) is 31.1 Å². The van der Waals surface area contributed by atoms with E-state index in [0.29, 0.717) is 55.1 Å². The maximum absolute atomic E-state index is 13.6. The highest BCUT2D eigenvalue weighted by molar-refractivity contribution is 5.81. The van der Waals surface area contributed by atoms with E-state index in [1.807, 2.05) is 24.7 Å². The van der Waals surface area contributed by atoms with Gasteiger partial charge in [-0.15, -0.1) is 0 Å². The molecule has 0 radical (unpaired) electrons. The van der Waals surface area contributed by atoms with Gasteiger partial charge in [-0.3, -0.25) is 4.79 Å². The number of unbranched alkanes of at least 4 members (excludes halogenated alkanes) is 1. The van der Waals surface area contributed by atoms with Crippen LogP contribution >= 0.6 is 0 Å². The fourth-order valence-corrected chi connectivity index (χ4v) is 4.62. The Balaban J connectivity index is 1.73. The largest absolute Gasteiger partial charge is 0.416 e. The van der Waals surface area contributed by atoms with Crippen LogP contribution in [0.25, 0.3) is 11.0 Å². The second kappa shape index (κ2) is 11.5. The molecule has 1 N–H and O–H groups in total. The van der Waals surface area contributed by atoms with E-state index in [2.05, 4.69) is 20.1 Å². The van der Waals surface area contributed by atoms with E-state index >= 15 is 0 Å². The maximum atomic E-state index is 13.6. The van der Waals surface area contributed by atoms with E-state index in [-0.39, 0.29) is 17.5 Å². The van der Waals surface area contributed by atoms with E-state index in [1.54, 1.807) is 18.5 Å². The van der Waals surface area contributed by atoms with E-state index in [9.17, 15) is 18.0 Å². The molecule has 0 atom stereocenters. The lowest BCUT2D eigenvalue weighted by Gasteiger charge is -2.29. The molecule has 37 heavy (non-hydrogen) atoms. The van der Waals surface area contributed by atoms with Crippen molar-refractivity contribution in [1.82, 2.24) is 14.5 Å². The number of alkyl halides is 3. The maximum Gasteiger partial charge on any atom is 0.416 e. The molecule has 1 aliphatic heterocycles. The summed E-state index contributed by atoms with van der Waals surface area (Å²) in [6.45, 7) is 5.84. The SMILES string of the molecule is Cc1c(Cn2cc(NCCCCN(C)C)c(=O)c3ncc(N4CCOCC4)cc32)cccc1C(F)(F)F. The Morgan fingerprint density at radius 3 is 2.62 bits per heavy atom. The summed E-state index contributed by atoms with van der Waals surface area (Å²) in [4.78, 5) is 22.1. The summed E-state index contributed by atoms with van der Waals surface area (Å²) in [7, 11) is 4.03. The minimum absolute atomic E-state index is 0.177. The van der Waals surface area contributed by atoms with Crippen molar-refractivity contribution in [2.75, 3.05) is 63.7 Å². The first-order chi connectivity index (χ1) is 17.6. The molecule has 7 nitrogen and oxygen atoms in total. The predicted molar refractivity (Wildman–Crippen MR) is 141 cm³/mol. The molecule has 0 unspecified atom stereocenters. The number of morpholine rings is 1. The fourth-order valence-electron chi connectivity index (χ4n) is 4.62. The number of nitrogens with zero attached hydrogens (tertiary/aromatic N) is 4. The van der Waals surface area contributed by atoms with Gasteiger partial charge in [0, 0.05) is 32.4 Å². The number of rotatable bonds is 9. The van der Waals surface area contributed by atoms with Crippen LogP contribution in [-0.4, -0.2) is 67.9 Å². The van der Waals surface area contributed by atoms with Gasteiger partial charge in [-0.1, -0.05) is 12.1 Å². The fraction of sp³-hybridized carbons (Fsp3) is 0.481. The van der Waals surface area contributed by atoms with Crippen molar-refractivity contribution < 1.29 is 17.9 Å². The lowest BCUT2D eigenvalue weighted by molar-refractivity contribution is -0.138. The summed E-state index contributed by atoms with van der Waals surface area (Å²) in [5.41, 5.74) is 1.98. The first-order valence-corrected chi connectivity index (χ1v) is 12.6. The monoisotopic (exact) mass is 517 g/mol. The number of anilines is 2. The lowest BCUT2D eigenvalue weighted by atomic mass is 10.0. The number of hydrogen-bond acceptors (Lipinski definition) is 6. The first kappa shape index (κ1) is 26.9. The first-order valence-electron chi connectivity index (χ1n) is 12.6. The van der Waals surface area contributed by atoms with Crippen LogP contribution in [0.2, 0.25) is 0 Å². The Hall–Kier alpha value is -3.11. The minimum Gasteiger partial charge on any atom is -0.381 e. The molecule has 1 saturated heterocycles. The van der Waals surface area contributed by atoms with E-state index in [1.165, 1.54) is 13.0 Å². The van der Waals surface area contributed by atoms with Gasteiger partial charge in [0.2, 0.25) is 5.43 Å². The molecule has 10 heteroatoms. The summed E-state index contributed by atoms with van der Waals surface area (Å²) in [5, 5.41) is 3.23. The summed E-state index contributed by atoms with van der Waals surface area (Å²) < 4.78 is 48.0. The molecule has 1 aromatic carbocycles. The van der Waals surface area contributed by atoms with Crippen LogP contribution in [0.3, 0.4) is 0 Å². The molecule has 0 aliphatic carbocycles. The lowest BCUT2D eigenvalue weighted by Crippen LogP contribution is -2.36. The number of benzene rings is 1. The Labute approximate surface area is 214 Å². The molecule has 1 fully saturated rings. The quantitative estimate of drug-likeness (QED) is 0.426. The van der Waals surface area contributed by atoms with Crippen LogP contribution < -0.4 is 15.6 Å². The molecule has 0 spiro atoms. The molecule has 1 aliphatic rings. The Kier molecular flexibility index (Phi) is 8.39. The summed E-state index contributed by atoms with van der Waals surface area (Å²) >= 11 is 0. The van der Waals surface area contributed by atoms with Crippen molar-refractivity contribution >= 4 is 22.4 Å². The molecular formula is C27H34F3N5O2. The summed E-state index contributed by atoms with van der Waals surface area (Å²) in [6, 6.07) is 6.12. The normalized spacial score (nSPS) is 14.5. The van der Waals surface area contributed by atoms with Gasteiger partial charge in [0.15, 0.2) is 0 Å². The van der Waals surface area contributed by atoms with Gasteiger partial charge in [-0.2, -0.15) is 13.2 Å². The Bertz CT molecular complexity index is 1280. The van der Waals surface area contributed by atoms with Gasteiger partial charge in [-0.05, 0) is 63.7 Å². The smallest absolute Gasteiger partial charge is 0.381 e. The molecule has 0 bridgehead atoms. The molecule has 0 amide bonds. The number of ether oxygens (including phenoxy) is 1. The van der Waals surface area contributed by atoms with Gasteiger partial charge in [0.1, 0.15) is 11.2 Å². The van der Waals surface area contributed by atoms with Crippen molar-refractivity contribution in [3.05, 3.63) is 63.6 Å². The number of fused-ring (bicyclic) bond motifs is 1. The molecule has 4 rings (SSSR count). The van der Waals surface area contributed by atoms with Crippen LogP contribution in [0.15, 0.2) is 41.5 Å².